The molecule has 25 heavy (non-hydrogen) atoms. The zero-order valence-electron chi connectivity index (χ0n) is 14.4. The van der Waals surface area contributed by atoms with Crippen LogP contribution >= 0.6 is 0 Å². The number of amides is 1. The summed E-state index contributed by atoms with van der Waals surface area (Å²) in [4.78, 5) is 27.8. The van der Waals surface area contributed by atoms with E-state index in [1.165, 1.54) is 10.9 Å². The molecule has 9 heteroatoms. The zero-order valence-corrected chi connectivity index (χ0v) is 14.4. The number of aromatic nitrogens is 4. The SMILES string of the molecule is CCn1cc(CN2CCN(C(=O)c3cn(C)nc3C(=O)O)CC2)cn1. The molecule has 0 aliphatic carbocycles. The second kappa shape index (κ2) is 7.06. The van der Waals surface area contributed by atoms with Crippen LogP contribution in [0.1, 0.15) is 33.3 Å². The predicted octanol–water partition coefficient (Wildman–Crippen LogP) is 0.293. The minimum Gasteiger partial charge on any atom is -0.476 e. The Bertz CT molecular complexity index is 773. The van der Waals surface area contributed by atoms with E-state index in [-0.39, 0.29) is 17.2 Å². The number of carbonyl (C=O) groups excluding carboxylic acids is 1. The summed E-state index contributed by atoms with van der Waals surface area (Å²) in [7, 11) is 1.61. The highest BCUT2D eigenvalue weighted by Gasteiger charge is 2.27. The fourth-order valence-corrected chi connectivity index (χ4v) is 3.00. The van der Waals surface area contributed by atoms with E-state index in [2.05, 4.69) is 15.1 Å². The second-order valence-corrected chi connectivity index (χ2v) is 6.14. The van der Waals surface area contributed by atoms with Crippen LogP contribution in [-0.2, 0) is 20.1 Å². The summed E-state index contributed by atoms with van der Waals surface area (Å²) in [5.74, 6) is -1.46. The number of aryl methyl sites for hydroxylation is 2. The Kier molecular flexibility index (Phi) is 4.84. The van der Waals surface area contributed by atoms with Gasteiger partial charge in [0, 0.05) is 64.3 Å². The van der Waals surface area contributed by atoms with Crippen molar-refractivity contribution in [1.82, 2.24) is 29.4 Å². The fourth-order valence-electron chi connectivity index (χ4n) is 3.00. The van der Waals surface area contributed by atoms with Gasteiger partial charge in [0.2, 0.25) is 0 Å². The third kappa shape index (κ3) is 3.71. The van der Waals surface area contributed by atoms with Crippen molar-refractivity contribution in [1.29, 1.82) is 0 Å². The molecule has 3 heterocycles. The first-order valence-electron chi connectivity index (χ1n) is 8.27. The first-order valence-corrected chi connectivity index (χ1v) is 8.27. The Balaban J connectivity index is 1.60. The van der Waals surface area contributed by atoms with Gasteiger partial charge in [0.25, 0.3) is 5.91 Å². The van der Waals surface area contributed by atoms with E-state index < -0.39 is 5.97 Å². The van der Waals surface area contributed by atoms with Crippen molar-refractivity contribution in [2.45, 2.75) is 20.0 Å². The topological polar surface area (TPSA) is 96.5 Å². The van der Waals surface area contributed by atoms with Gasteiger partial charge in [-0.05, 0) is 6.92 Å². The molecule has 3 rings (SSSR count). The molecule has 1 saturated heterocycles. The summed E-state index contributed by atoms with van der Waals surface area (Å²) in [5, 5.41) is 17.3. The van der Waals surface area contributed by atoms with E-state index in [1.54, 1.807) is 11.9 Å². The quantitative estimate of drug-likeness (QED) is 0.836. The lowest BCUT2D eigenvalue weighted by Crippen LogP contribution is -2.48. The molecular weight excluding hydrogens is 324 g/mol. The first-order chi connectivity index (χ1) is 12.0. The van der Waals surface area contributed by atoms with E-state index in [9.17, 15) is 14.7 Å². The fraction of sp³-hybridized carbons (Fsp3) is 0.500. The monoisotopic (exact) mass is 346 g/mol. The van der Waals surface area contributed by atoms with Crippen LogP contribution in [0, 0.1) is 0 Å². The van der Waals surface area contributed by atoms with E-state index in [1.807, 2.05) is 24.0 Å². The van der Waals surface area contributed by atoms with Crippen molar-refractivity contribution in [3.63, 3.8) is 0 Å². The van der Waals surface area contributed by atoms with E-state index in [0.717, 1.165) is 31.7 Å². The van der Waals surface area contributed by atoms with E-state index in [4.69, 9.17) is 0 Å². The molecule has 1 amide bonds. The average molecular weight is 346 g/mol. The molecule has 9 nitrogen and oxygen atoms in total. The highest BCUT2D eigenvalue weighted by Crippen LogP contribution is 2.14. The highest BCUT2D eigenvalue weighted by atomic mass is 16.4. The molecule has 0 atom stereocenters. The summed E-state index contributed by atoms with van der Waals surface area (Å²) in [6, 6.07) is 0. The maximum atomic E-state index is 12.6. The van der Waals surface area contributed by atoms with E-state index in [0.29, 0.717) is 13.1 Å². The van der Waals surface area contributed by atoms with Gasteiger partial charge < -0.3 is 10.0 Å². The minimum atomic E-state index is -1.18. The number of rotatable bonds is 5. The number of hydrogen-bond donors (Lipinski definition) is 1. The lowest BCUT2D eigenvalue weighted by molar-refractivity contribution is 0.0608. The van der Waals surface area contributed by atoms with Crippen molar-refractivity contribution in [2.24, 2.45) is 7.05 Å². The van der Waals surface area contributed by atoms with Crippen molar-refractivity contribution >= 4 is 11.9 Å². The number of aromatic carboxylic acids is 1. The molecule has 1 fully saturated rings. The number of carbonyl (C=O) groups is 2. The molecule has 0 unspecified atom stereocenters. The molecule has 1 aliphatic heterocycles. The van der Waals surface area contributed by atoms with Crippen LogP contribution in [0.2, 0.25) is 0 Å². The van der Waals surface area contributed by atoms with Gasteiger partial charge in [-0.15, -0.1) is 0 Å². The highest BCUT2D eigenvalue weighted by molar-refractivity contribution is 6.03. The molecule has 0 saturated carbocycles. The first kappa shape index (κ1) is 17.2. The lowest BCUT2D eigenvalue weighted by Gasteiger charge is -2.34. The Morgan fingerprint density at radius 1 is 1.20 bits per heavy atom. The maximum absolute atomic E-state index is 12.6. The van der Waals surface area contributed by atoms with Crippen LogP contribution in [0.15, 0.2) is 18.6 Å². The van der Waals surface area contributed by atoms with Gasteiger partial charge in [-0.2, -0.15) is 10.2 Å². The average Bonchev–Trinajstić information content (AvgIpc) is 3.21. The Morgan fingerprint density at radius 2 is 1.92 bits per heavy atom. The summed E-state index contributed by atoms with van der Waals surface area (Å²) in [6.07, 6.45) is 5.37. The van der Waals surface area contributed by atoms with Crippen molar-refractivity contribution in [3.05, 3.63) is 35.4 Å². The smallest absolute Gasteiger partial charge is 0.357 e. The normalized spacial score (nSPS) is 15.5. The van der Waals surface area contributed by atoms with Crippen LogP contribution in [0.3, 0.4) is 0 Å². The van der Waals surface area contributed by atoms with Crippen LogP contribution in [0.25, 0.3) is 0 Å². The van der Waals surface area contributed by atoms with Gasteiger partial charge in [-0.25, -0.2) is 4.79 Å². The van der Waals surface area contributed by atoms with Crippen molar-refractivity contribution in [2.75, 3.05) is 26.2 Å². The van der Waals surface area contributed by atoms with Crippen LogP contribution < -0.4 is 0 Å². The van der Waals surface area contributed by atoms with Crippen LogP contribution in [-0.4, -0.2) is 72.5 Å². The Morgan fingerprint density at radius 3 is 2.52 bits per heavy atom. The lowest BCUT2D eigenvalue weighted by atomic mass is 10.2. The Labute approximate surface area is 145 Å². The summed E-state index contributed by atoms with van der Waals surface area (Å²) < 4.78 is 3.25. The molecule has 0 spiro atoms. The number of carboxylic acids is 1. The number of nitrogens with zero attached hydrogens (tertiary/aromatic N) is 6. The number of hydrogen-bond acceptors (Lipinski definition) is 5. The molecule has 134 valence electrons. The summed E-state index contributed by atoms with van der Waals surface area (Å²) >= 11 is 0. The number of carboxylic acid groups (broad SMARTS) is 1. The maximum Gasteiger partial charge on any atom is 0.357 e. The molecule has 0 aromatic carbocycles. The number of piperazine rings is 1. The standard InChI is InChI=1S/C16H22N6O3/c1-3-22-10-12(8-17-22)9-20-4-6-21(7-5-20)15(23)13-11-19(2)18-14(13)16(24)25/h8,10-11H,3-7,9H2,1-2H3,(H,24,25). The molecule has 2 aromatic heterocycles. The summed E-state index contributed by atoms with van der Waals surface area (Å²) in [6.45, 7) is 6.31. The molecule has 0 radical (unpaired) electrons. The van der Waals surface area contributed by atoms with Crippen molar-refractivity contribution < 1.29 is 14.7 Å². The van der Waals surface area contributed by atoms with Gasteiger partial charge in [0.05, 0.1) is 11.8 Å². The molecule has 2 aromatic rings. The third-order valence-electron chi connectivity index (χ3n) is 4.34. The minimum absolute atomic E-state index is 0.146. The Hall–Kier alpha value is -2.68. The second-order valence-electron chi connectivity index (χ2n) is 6.14. The summed E-state index contributed by atoms with van der Waals surface area (Å²) in [5.41, 5.74) is 1.11. The zero-order chi connectivity index (χ0) is 18.0. The third-order valence-corrected chi connectivity index (χ3v) is 4.34. The van der Waals surface area contributed by atoms with E-state index >= 15 is 0 Å². The van der Waals surface area contributed by atoms with Gasteiger partial charge in [-0.3, -0.25) is 19.1 Å². The van der Waals surface area contributed by atoms with Gasteiger partial charge in [-0.1, -0.05) is 0 Å². The van der Waals surface area contributed by atoms with Gasteiger partial charge >= 0.3 is 5.97 Å². The molecular formula is C16H22N6O3. The van der Waals surface area contributed by atoms with Crippen molar-refractivity contribution in [3.8, 4) is 0 Å². The van der Waals surface area contributed by atoms with Gasteiger partial charge in [0.15, 0.2) is 5.69 Å². The van der Waals surface area contributed by atoms with Crippen LogP contribution in [0.5, 0.6) is 0 Å². The largest absolute Gasteiger partial charge is 0.476 e. The molecule has 1 aliphatic rings. The van der Waals surface area contributed by atoms with Gasteiger partial charge in [0.1, 0.15) is 0 Å². The van der Waals surface area contributed by atoms with Crippen LogP contribution in [0.4, 0.5) is 0 Å². The predicted molar refractivity (Wildman–Crippen MR) is 89.2 cm³/mol. The molecule has 1 N–H and O–H groups in total. The molecule has 0 bridgehead atoms.